The maximum atomic E-state index is 13.1. The Morgan fingerprint density at radius 2 is 2.03 bits per heavy atom. The van der Waals surface area contributed by atoms with E-state index in [0.29, 0.717) is 22.6 Å². The number of fused-ring (bicyclic) bond motifs is 2. The molecule has 0 saturated heterocycles. The molecular formula is C29H32F2N4O2S. The number of carbonyl (C=O) groups excluding carboxylic acids is 1. The molecule has 1 aromatic carbocycles. The Hall–Kier alpha value is -2.78. The fraction of sp³-hybridized carbons (Fsp3) is 0.517. The van der Waals surface area contributed by atoms with Gasteiger partial charge in [-0.3, -0.25) is 14.7 Å². The molecule has 38 heavy (non-hydrogen) atoms. The number of ether oxygens (including phenoxy) is 1. The number of hydrogen-bond donors (Lipinski definition) is 0. The molecule has 1 amide bonds. The molecule has 3 heterocycles. The number of halogens is 2. The normalized spacial score (nSPS) is 23.8. The first kappa shape index (κ1) is 25.5. The molecule has 0 bridgehead atoms. The van der Waals surface area contributed by atoms with E-state index in [-0.39, 0.29) is 18.7 Å². The van der Waals surface area contributed by atoms with Crippen LogP contribution in [0.15, 0.2) is 41.5 Å². The monoisotopic (exact) mass is 538 g/mol. The fourth-order valence-corrected chi connectivity index (χ4v) is 6.80. The first-order valence-electron chi connectivity index (χ1n) is 13.6. The smallest absolute Gasteiger partial charge is 0.277 e. The number of carbonyl (C=O) groups is 1. The van der Waals surface area contributed by atoms with Crippen molar-refractivity contribution in [1.29, 1.82) is 0 Å². The zero-order valence-corrected chi connectivity index (χ0v) is 22.1. The third-order valence-electron chi connectivity index (χ3n) is 8.13. The number of pyridine rings is 1. The number of alkyl halides is 2. The zero-order chi connectivity index (χ0) is 26.1. The lowest BCUT2D eigenvalue weighted by Gasteiger charge is -2.33. The summed E-state index contributed by atoms with van der Waals surface area (Å²) in [6, 6.07) is 9.34. The van der Waals surface area contributed by atoms with Crippen molar-refractivity contribution in [2.24, 2.45) is 16.8 Å². The average Bonchev–Trinajstić information content (AvgIpc) is 3.31. The Kier molecular flexibility index (Phi) is 7.22. The van der Waals surface area contributed by atoms with Crippen LogP contribution in [0.4, 0.5) is 8.78 Å². The van der Waals surface area contributed by atoms with Crippen molar-refractivity contribution in [2.45, 2.75) is 69.9 Å². The summed E-state index contributed by atoms with van der Waals surface area (Å²) in [6.45, 7) is 2.85. The minimum absolute atomic E-state index is 0.198. The lowest BCUT2D eigenvalue weighted by atomic mass is 9.81. The summed E-state index contributed by atoms with van der Waals surface area (Å²) in [7, 11) is 0. The van der Waals surface area contributed by atoms with Gasteiger partial charge in [-0.25, -0.2) is 18.8 Å². The van der Waals surface area contributed by atoms with Gasteiger partial charge >= 0.3 is 0 Å². The van der Waals surface area contributed by atoms with E-state index in [2.05, 4.69) is 19.9 Å². The molecule has 2 aromatic heterocycles. The average molecular weight is 539 g/mol. The lowest BCUT2D eigenvalue weighted by Crippen LogP contribution is -2.43. The van der Waals surface area contributed by atoms with Gasteiger partial charge in [-0.2, -0.15) is 0 Å². The summed E-state index contributed by atoms with van der Waals surface area (Å²) < 4.78 is 31.9. The van der Waals surface area contributed by atoms with Gasteiger partial charge < -0.3 is 4.74 Å². The summed E-state index contributed by atoms with van der Waals surface area (Å²) in [4.78, 5) is 29.7. The van der Waals surface area contributed by atoms with E-state index >= 15 is 0 Å². The van der Waals surface area contributed by atoms with Gasteiger partial charge in [-0.1, -0.05) is 23.5 Å². The molecule has 3 aromatic rings. The Balaban J connectivity index is 0.942. The molecule has 9 heteroatoms. The number of thiazole rings is 1. The predicted molar refractivity (Wildman–Crippen MR) is 144 cm³/mol. The van der Waals surface area contributed by atoms with Crippen LogP contribution in [-0.4, -0.2) is 52.1 Å². The fourth-order valence-electron chi connectivity index (χ4n) is 5.83. The van der Waals surface area contributed by atoms with Crippen molar-refractivity contribution in [3.63, 3.8) is 0 Å². The summed E-state index contributed by atoms with van der Waals surface area (Å²) >= 11 is 1.52. The van der Waals surface area contributed by atoms with Gasteiger partial charge in [0.05, 0.1) is 16.8 Å². The van der Waals surface area contributed by atoms with Crippen molar-refractivity contribution < 1.29 is 18.3 Å². The van der Waals surface area contributed by atoms with Gasteiger partial charge in [-0.15, -0.1) is 0 Å². The van der Waals surface area contributed by atoms with Crippen LogP contribution in [0, 0.1) is 11.8 Å². The highest BCUT2D eigenvalue weighted by atomic mass is 32.1. The van der Waals surface area contributed by atoms with Crippen LogP contribution in [0.3, 0.4) is 0 Å². The highest BCUT2D eigenvalue weighted by Crippen LogP contribution is 2.41. The van der Waals surface area contributed by atoms with Crippen LogP contribution in [0.5, 0.6) is 5.19 Å². The third kappa shape index (κ3) is 5.78. The van der Waals surface area contributed by atoms with Crippen molar-refractivity contribution >= 4 is 34.4 Å². The Morgan fingerprint density at radius 1 is 1.18 bits per heavy atom. The second kappa shape index (κ2) is 10.8. The highest BCUT2D eigenvalue weighted by Gasteiger charge is 2.47. The minimum atomic E-state index is -2.57. The van der Waals surface area contributed by atoms with Crippen LogP contribution in [-0.2, 0) is 13.0 Å². The molecule has 6 rings (SSSR count). The van der Waals surface area contributed by atoms with Crippen molar-refractivity contribution in [3.8, 4) is 5.19 Å². The summed E-state index contributed by atoms with van der Waals surface area (Å²) in [6.07, 6.45) is 9.35. The molecule has 1 aliphatic heterocycles. The van der Waals surface area contributed by atoms with Gasteiger partial charge in [-0.05, 0) is 75.1 Å². The van der Waals surface area contributed by atoms with Crippen molar-refractivity contribution in [3.05, 3.63) is 52.7 Å². The van der Waals surface area contributed by atoms with Crippen LogP contribution in [0.25, 0.3) is 10.9 Å². The Bertz CT molecular complexity index is 1320. The lowest BCUT2D eigenvalue weighted by molar-refractivity contribution is -0.134. The predicted octanol–water partition coefficient (Wildman–Crippen LogP) is 6.33. The molecule has 0 atom stereocenters. The summed E-state index contributed by atoms with van der Waals surface area (Å²) in [5, 5.41) is 1.39. The topological polar surface area (TPSA) is 67.7 Å². The SMILES string of the molecule is O=C(N=CC1CCC(CCN2CCc3sc(OC4CC(F)(F)C4)nc3C2)CC1)c1cccc2ncccc12. The van der Waals surface area contributed by atoms with E-state index in [9.17, 15) is 13.6 Å². The molecule has 200 valence electrons. The number of aromatic nitrogens is 2. The van der Waals surface area contributed by atoms with Crippen LogP contribution in [0.1, 0.15) is 65.9 Å². The number of hydrogen-bond acceptors (Lipinski definition) is 6. The first-order valence-corrected chi connectivity index (χ1v) is 14.4. The molecule has 2 fully saturated rings. The molecule has 0 unspecified atom stereocenters. The number of nitrogens with zero attached hydrogens (tertiary/aromatic N) is 4. The summed E-state index contributed by atoms with van der Waals surface area (Å²) in [5.74, 6) is -1.73. The largest absolute Gasteiger partial charge is 0.466 e. The van der Waals surface area contributed by atoms with E-state index in [1.807, 2.05) is 36.5 Å². The standard InChI is InChI=1S/C29H32F2N4O2S/c30-29(31)15-21(16-29)37-28-34-25-18-35(14-11-26(25)38-28)13-10-19-6-8-20(9-7-19)17-33-27(36)23-3-1-5-24-22(23)4-2-12-32-24/h1-5,12,17,19-21H,6-11,13-16,18H2. The van der Waals surface area contributed by atoms with Gasteiger partial charge in [0.15, 0.2) is 0 Å². The molecule has 3 aliphatic rings. The first-order chi connectivity index (χ1) is 18.4. The van der Waals surface area contributed by atoms with E-state index in [1.165, 1.54) is 16.2 Å². The van der Waals surface area contributed by atoms with E-state index < -0.39 is 12.0 Å². The quantitative estimate of drug-likeness (QED) is 0.329. The van der Waals surface area contributed by atoms with Gasteiger partial charge in [0.2, 0.25) is 0 Å². The molecule has 6 nitrogen and oxygen atoms in total. The third-order valence-corrected chi connectivity index (χ3v) is 9.18. The minimum Gasteiger partial charge on any atom is -0.466 e. The van der Waals surface area contributed by atoms with Crippen LogP contribution < -0.4 is 4.74 Å². The molecule has 0 N–H and O–H groups in total. The van der Waals surface area contributed by atoms with E-state index in [0.717, 1.165) is 74.8 Å². The molecule has 2 saturated carbocycles. The molecular weight excluding hydrogens is 506 g/mol. The van der Waals surface area contributed by atoms with Crippen molar-refractivity contribution in [1.82, 2.24) is 14.9 Å². The maximum Gasteiger partial charge on any atom is 0.277 e. The molecule has 2 aliphatic carbocycles. The van der Waals surface area contributed by atoms with Gasteiger partial charge in [0.25, 0.3) is 17.0 Å². The van der Waals surface area contributed by atoms with Crippen molar-refractivity contribution in [2.75, 3.05) is 13.1 Å². The molecule has 0 radical (unpaired) electrons. The second-order valence-electron chi connectivity index (χ2n) is 10.9. The van der Waals surface area contributed by atoms with Gasteiger partial charge in [0.1, 0.15) is 6.10 Å². The van der Waals surface area contributed by atoms with E-state index in [1.54, 1.807) is 6.20 Å². The second-order valence-corrected chi connectivity index (χ2v) is 12.0. The van der Waals surface area contributed by atoms with E-state index in [4.69, 9.17) is 4.74 Å². The Morgan fingerprint density at radius 3 is 2.84 bits per heavy atom. The van der Waals surface area contributed by atoms with Gasteiger partial charge in [0, 0.05) is 48.6 Å². The number of rotatable bonds is 7. The maximum absolute atomic E-state index is 13.1. The zero-order valence-electron chi connectivity index (χ0n) is 21.3. The number of aliphatic imine (C=N–C) groups is 1. The highest BCUT2D eigenvalue weighted by molar-refractivity contribution is 7.13. The number of benzene rings is 1. The summed E-state index contributed by atoms with van der Waals surface area (Å²) in [5.41, 5.74) is 2.46. The molecule has 0 spiro atoms. The number of amides is 1. The van der Waals surface area contributed by atoms with Crippen LogP contribution >= 0.6 is 11.3 Å². The van der Waals surface area contributed by atoms with Crippen LogP contribution in [0.2, 0.25) is 0 Å². The Labute approximate surface area is 225 Å².